The molecular weight excluding hydrogens is 132 g/mol. The van der Waals surface area contributed by atoms with Crippen molar-refractivity contribution in [2.45, 2.75) is 13.0 Å². The zero-order valence-electron chi connectivity index (χ0n) is 3.07. The van der Waals surface area contributed by atoms with Gasteiger partial charge in [0.15, 0.2) is 0 Å². The molecule has 31 valence electrons. The molecule has 0 spiro atoms. The summed E-state index contributed by atoms with van der Waals surface area (Å²) in [7, 11) is 0. The molecule has 0 saturated carbocycles. The van der Waals surface area contributed by atoms with Crippen molar-refractivity contribution in [3.63, 3.8) is 0 Å². The molecule has 2 heteroatoms. The zero-order chi connectivity index (χ0) is 4.28. The van der Waals surface area contributed by atoms with Crippen LogP contribution in [-0.2, 0) is 5.11 Å². The van der Waals surface area contributed by atoms with Crippen molar-refractivity contribution in [3.8, 4) is 0 Å². The Morgan fingerprint density at radius 2 is 2.20 bits per heavy atom. The second kappa shape index (κ2) is 2.67. The minimum Gasteiger partial charge on any atom is -0.233 e. The third-order valence-corrected chi connectivity index (χ3v) is 1.13. The van der Waals surface area contributed by atoms with Gasteiger partial charge in [-0.25, -0.2) is 5.11 Å². The molecule has 0 aromatic carbocycles. The first kappa shape index (κ1) is 5.44. The monoisotopic (exact) mass is 137 g/mol. The standard InChI is InChI=1S/C3H6BrO/c1-3(5)2-4/h3H,2H2,1H3. The van der Waals surface area contributed by atoms with Crippen molar-refractivity contribution in [2.75, 3.05) is 5.33 Å². The maximum atomic E-state index is 9.85. The highest BCUT2D eigenvalue weighted by molar-refractivity contribution is 9.09. The second-order valence-electron chi connectivity index (χ2n) is 0.965. The van der Waals surface area contributed by atoms with Gasteiger partial charge in [-0.15, -0.1) is 0 Å². The fourth-order valence-electron chi connectivity index (χ4n) is 0. The van der Waals surface area contributed by atoms with Crippen molar-refractivity contribution >= 4 is 15.9 Å². The minimum absolute atomic E-state index is 0.449. The zero-order valence-corrected chi connectivity index (χ0v) is 4.66. The molecule has 1 atom stereocenters. The largest absolute Gasteiger partial charge is 0.233 e. The Labute approximate surface area is 40.1 Å². The Hall–Kier alpha value is 0.440. The van der Waals surface area contributed by atoms with Gasteiger partial charge < -0.3 is 0 Å². The molecule has 0 rings (SSSR count). The van der Waals surface area contributed by atoms with Crippen molar-refractivity contribution in [3.05, 3.63) is 0 Å². The van der Waals surface area contributed by atoms with Gasteiger partial charge in [0, 0.05) is 5.33 Å². The molecule has 0 amide bonds. The Morgan fingerprint density at radius 3 is 2.20 bits per heavy atom. The predicted molar refractivity (Wildman–Crippen MR) is 23.9 cm³/mol. The van der Waals surface area contributed by atoms with Crippen LogP contribution < -0.4 is 0 Å². The first-order valence-corrected chi connectivity index (χ1v) is 2.61. The molecule has 0 aromatic rings. The van der Waals surface area contributed by atoms with E-state index in [1.807, 2.05) is 0 Å². The van der Waals surface area contributed by atoms with Gasteiger partial charge in [0.25, 0.3) is 0 Å². The average molecular weight is 138 g/mol. The molecule has 0 heterocycles. The smallest absolute Gasteiger partial charge is 0.0998 e. The summed E-state index contributed by atoms with van der Waals surface area (Å²) in [5, 5.41) is 10.4. The fourth-order valence-corrected chi connectivity index (χ4v) is 0. The van der Waals surface area contributed by atoms with Crippen molar-refractivity contribution in [1.82, 2.24) is 0 Å². The van der Waals surface area contributed by atoms with Crippen molar-refractivity contribution in [2.24, 2.45) is 0 Å². The SMILES string of the molecule is CC([O])CBr. The van der Waals surface area contributed by atoms with Gasteiger partial charge in [0.05, 0.1) is 6.10 Å². The molecule has 0 fully saturated rings. The summed E-state index contributed by atoms with van der Waals surface area (Å²) >= 11 is 3.00. The van der Waals surface area contributed by atoms with E-state index in [2.05, 4.69) is 15.9 Å². The average Bonchev–Trinajstić information content (AvgIpc) is 1.38. The third kappa shape index (κ3) is 4.44. The topological polar surface area (TPSA) is 19.9 Å². The maximum Gasteiger partial charge on any atom is 0.0998 e. The summed E-state index contributed by atoms with van der Waals surface area (Å²) in [6, 6.07) is 0. The Kier molecular flexibility index (Phi) is 2.90. The minimum atomic E-state index is -0.449. The second-order valence-corrected chi connectivity index (χ2v) is 1.61. The Balaban J connectivity index is 2.54. The molecule has 0 bridgehead atoms. The van der Waals surface area contributed by atoms with Gasteiger partial charge in [-0.3, -0.25) is 0 Å². The van der Waals surface area contributed by atoms with Crippen LogP contribution in [0.2, 0.25) is 0 Å². The van der Waals surface area contributed by atoms with Crippen molar-refractivity contribution < 1.29 is 5.11 Å². The molecule has 0 aromatic heterocycles. The lowest BCUT2D eigenvalue weighted by Crippen LogP contribution is -1.95. The summed E-state index contributed by atoms with van der Waals surface area (Å²) in [5.41, 5.74) is 0. The first-order chi connectivity index (χ1) is 2.27. The summed E-state index contributed by atoms with van der Waals surface area (Å²) in [4.78, 5) is 0. The van der Waals surface area contributed by atoms with Gasteiger partial charge in [0.1, 0.15) is 0 Å². The number of halogens is 1. The van der Waals surface area contributed by atoms with Crippen LogP contribution in [0.3, 0.4) is 0 Å². The molecule has 1 radical (unpaired) electrons. The molecule has 0 aliphatic carbocycles. The fraction of sp³-hybridized carbons (Fsp3) is 1.00. The molecule has 5 heavy (non-hydrogen) atoms. The van der Waals surface area contributed by atoms with E-state index in [1.165, 1.54) is 0 Å². The van der Waals surface area contributed by atoms with E-state index < -0.39 is 6.10 Å². The molecule has 0 aliphatic rings. The van der Waals surface area contributed by atoms with E-state index in [0.717, 1.165) is 0 Å². The summed E-state index contributed by atoms with van der Waals surface area (Å²) < 4.78 is 0. The number of alkyl halides is 1. The summed E-state index contributed by atoms with van der Waals surface area (Å²) in [5.74, 6) is 0. The van der Waals surface area contributed by atoms with E-state index in [1.54, 1.807) is 6.92 Å². The van der Waals surface area contributed by atoms with Gasteiger partial charge >= 0.3 is 0 Å². The van der Waals surface area contributed by atoms with Gasteiger partial charge in [-0.2, -0.15) is 0 Å². The van der Waals surface area contributed by atoms with Crippen LogP contribution in [0.25, 0.3) is 0 Å². The number of hydrogen-bond acceptors (Lipinski definition) is 0. The number of rotatable bonds is 1. The highest BCUT2D eigenvalue weighted by Crippen LogP contribution is 1.85. The maximum absolute atomic E-state index is 9.85. The molecular formula is C3H6BrO. The van der Waals surface area contributed by atoms with Gasteiger partial charge in [-0.05, 0) is 6.92 Å². The lowest BCUT2D eigenvalue weighted by atomic mass is 10.5. The van der Waals surface area contributed by atoms with E-state index in [4.69, 9.17) is 0 Å². The van der Waals surface area contributed by atoms with Crippen LogP contribution in [0.4, 0.5) is 0 Å². The first-order valence-electron chi connectivity index (χ1n) is 1.49. The van der Waals surface area contributed by atoms with Crippen molar-refractivity contribution in [1.29, 1.82) is 0 Å². The van der Waals surface area contributed by atoms with Gasteiger partial charge in [-0.1, -0.05) is 15.9 Å². The molecule has 1 unspecified atom stereocenters. The lowest BCUT2D eigenvalue weighted by molar-refractivity contribution is 0.127. The number of hydrogen-bond donors (Lipinski definition) is 0. The normalized spacial score (nSPS) is 15.0. The summed E-state index contributed by atoms with van der Waals surface area (Å²) in [6.07, 6.45) is -0.449. The van der Waals surface area contributed by atoms with E-state index >= 15 is 0 Å². The van der Waals surface area contributed by atoms with Crippen LogP contribution in [0, 0.1) is 0 Å². The Bertz CT molecular complexity index is 20.9. The highest BCUT2D eigenvalue weighted by atomic mass is 79.9. The van der Waals surface area contributed by atoms with Crippen LogP contribution in [-0.4, -0.2) is 11.4 Å². The Morgan fingerprint density at radius 1 is 2.00 bits per heavy atom. The molecule has 1 nitrogen and oxygen atoms in total. The van der Waals surface area contributed by atoms with Crippen LogP contribution in [0.1, 0.15) is 6.92 Å². The van der Waals surface area contributed by atoms with Crippen LogP contribution in [0.15, 0.2) is 0 Å². The van der Waals surface area contributed by atoms with E-state index in [9.17, 15) is 5.11 Å². The quantitative estimate of drug-likeness (QED) is 0.485. The van der Waals surface area contributed by atoms with Crippen LogP contribution >= 0.6 is 15.9 Å². The molecule has 0 saturated heterocycles. The highest BCUT2D eigenvalue weighted by Gasteiger charge is 1.86. The van der Waals surface area contributed by atoms with E-state index in [0.29, 0.717) is 5.33 Å². The predicted octanol–water partition coefficient (Wildman–Crippen LogP) is 1.20. The molecule has 0 aliphatic heterocycles. The van der Waals surface area contributed by atoms with E-state index in [-0.39, 0.29) is 0 Å². The third-order valence-electron chi connectivity index (χ3n) is 0.217. The molecule has 0 N–H and O–H groups in total. The van der Waals surface area contributed by atoms with Gasteiger partial charge in [0.2, 0.25) is 0 Å². The van der Waals surface area contributed by atoms with Crippen LogP contribution in [0.5, 0.6) is 0 Å². The summed E-state index contributed by atoms with van der Waals surface area (Å²) in [6.45, 7) is 1.62. The lowest BCUT2D eigenvalue weighted by Gasteiger charge is -1.84.